The average molecular weight is 244 g/mol. The van der Waals surface area contributed by atoms with Crippen LogP contribution in [0.4, 0.5) is 11.6 Å². The van der Waals surface area contributed by atoms with Gasteiger partial charge in [-0.25, -0.2) is 9.97 Å². The van der Waals surface area contributed by atoms with Crippen molar-refractivity contribution in [1.29, 1.82) is 0 Å². The molecule has 0 spiro atoms. The van der Waals surface area contributed by atoms with Gasteiger partial charge in [0.2, 0.25) is 0 Å². The van der Waals surface area contributed by atoms with Crippen LogP contribution in [0, 0.1) is 0 Å². The van der Waals surface area contributed by atoms with Gasteiger partial charge in [-0.15, -0.1) is 0 Å². The third-order valence-electron chi connectivity index (χ3n) is 3.28. The Morgan fingerprint density at radius 3 is 2.44 bits per heavy atom. The van der Waals surface area contributed by atoms with E-state index in [1.54, 1.807) is 0 Å². The van der Waals surface area contributed by atoms with Crippen molar-refractivity contribution in [2.75, 3.05) is 17.7 Å². The fourth-order valence-corrected chi connectivity index (χ4v) is 2.08. The Bertz CT molecular complexity index is 538. The Balaban J connectivity index is 2.41. The van der Waals surface area contributed by atoms with Crippen LogP contribution in [-0.2, 0) is 0 Å². The number of nitrogens with zero attached hydrogens (tertiary/aromatic N) is 3. The van der Waals surface area contributed by atoms with Gasteiger partial charge in [-0.2, -0.15) is 0 Å². The zero-order chi connectivity index (χ0) is 13.1. The first-order chi connectivity index (χ1) is 8.63. The Kier molecular flexibility index (Phi) is 3.65. The lowest BCUT2D eigenvalue weighted by molar-refractivity contribution is 0.612. The standard InChI is InChI=1S/C14H20N4/c1-4-7-10(2)18(3)14-13(15)16-11-8-5-6-9-12(11)17-14/h5-6,8-10H,4,7H2,1-3H3,(H2,15,16). The van der Waals surface area contributed by atoms with Crippen LogP contribution >= 0.6 is 0 Å². The summed E-state index contributed by atoms with van der Waals surface area (Å²) in [5, 5.41) is 0. The van der Waals surface area contributed by atoms with E-state index >= 15 is 0 Å². The van der Waals surface area contributed by atoms with Gasteiger partial charge in [0.05, 0.1) is 11.0 Å². The van der Waals surface area contributed by atoms with Crippen LogP contribution in [0.2, 0.25) is 0 Å². The second kappa shape index (κ2) is 5.21. The van der Waals surface area contributed by atoms with Gasteiger partial charge < -0.3 is 10.6 Å². The molecule has 18 heavy (non-hydrogen) atoms. The summed E-state index contributed by atoms with van der Waals surface area (Å²) in [7, 11) is 2.02. The molecule has 0 amide bonds. The monoisotopic (exact) mass is 244 g/mol. The maximum Gasteiger partial charge on any atom is 0.172 e. The number of rotatable bonds is 4. The van der Waals surface area contributed by atoms with Gasteiger partial charge in [-0.05, 0) is 25.5 Å². The van der Waals surface area contributed by atoms with Gasteiger partial charge >= 0.3 is 0 Å². The molecule has 1 unspecified atom stereocenters. The van der Waals surface area contributed by atoms with Gasteiger partial charge in [0.25, 0.3) is 0 Å². The first kappa shape index (κ1) is 12.6. The molecule has 1 heterocycles. The third-order valence-corrected chi connectivity index (χ3v) is 3.28. The number of aromatic nitrogens is 2. The van der Waals surface area contributed by atoms with Crippen LogP contribution in [0.1, 0.15) is 26.7 Å². The SMILES string of the molecule is CCCC(C)N(C)c1nc2ccccc2nc1N. The minimum absolute atomic E-state index is 0.410. The molecule has 0 aliphatic rings. The second-order valence-electron chi connectivity index (χ2n) is 4.67. The summed E-state index contributed by atoms with van der Waals surface area (Å²) in [6.45, 7) is 4.36. The van der Waals surface area contributed by atoms with Gasteiger partial charge in [-0.1, -0.05) is 25.5 Å². The number of benzene rings is 1. The molecule has 0 aliphatic carbocycles. The first-order valence-electron chi connectivity index (χ1n) is 6.38. The summed E-state index contributed by atoms with van der Waals surface area (Å²) in [5.41, 5.74) is 7.74. The first-order valence-corrected chi connectivity index (χ1v) is 6.38. The van der Waals surface area contributed by atoms with Crippen LogP contribution in [0.25, 0.3) is 11.0 Å². The summed E-state index contributed by atoms with van der Waals surface area (Å²) < 4.78 is 0. The van der Waals surface area contributed by atoms with Crippen LogP contribution in [0.15, 0.2) is 24.3 Å². The van der Waals surface area contributed by atoms with E-state index in [0.29, 0.717) is 11.9 Å². The molecule has 0 bridgehead atoms. The fourth-order valence-electron chi connectivity index (χ4n) is 2.08. The fraction of sp³-hybridized carbons (Fsp3) is 0.429. The van der Waals surface area contributed by atoms with E-state index in [2.05, 4.69) is 28.7 Å². The number of hydrogen-bond acceptors (Lipinski definition) is 4. The Morgan fingerprint density at radius 2 is 1.83 bits per heavy atom. The van der Waals surface area contributed by atoms with Gasteiger partial charge in [0, 0.05) is 13.1 Å². The number of hydrogen-bond donors (Lipinski definition) is 1. The minimum atomic E-state index is 0.410. The summed E-state index contributed by atoms with van der Waals surface area (Å²) >= 11 is 0. The van der Waals surface area contributed by atoms with Crippen molar-refractivity contribution in [3.63, 3.8) is 0 Å². The quantitative estimate of drug-likeness (QED) is 0.898. The predicted molar refractivity (Wildman–Crippen MR) is 76.7 cm³/mol. The molecule has 96 valence electrons. The maximum absolute atomic E-state index is 6.01. The molecule has 0 saturated heterocycles. The molecular formula is C14H20N4. The highest BCUT2D eigenvalue weighted by atomic mass is 15.2. The molecule has 0 aliphatic heterocycles. The molecule has 0 fully saturated rings. The molecule has 2 rings (SSSR count). The van der Waals surface area contributed by atoms with Gasteiger partial charge in [0.1, 0.15) is 0 Å². The van der Waals surface area contributed by atoms with Crippen LogP contribution in [0.5, 0.6) is 0 Å². The summed E-state index contributed by atoms with van der Waals surface area (Å²) in [5.74, 6) is 1.27. The van der Waals surface area contributed by atoms with Crippen LogP contribution in [-0.4, -0.2) is 23.1 Å². The highest BCUT2D eigenvalue weighted by Crippen LogP contribution is 2.23. The van der Waals surface area contributed by atoms with Crippen molar-refractivity contribution < 1.29 is 0 Å². The molecule has 1 aromatic carbocycles. The third kappa shape index (κ3) is 2.37. The molecule has 1 atom stereocenters. The number of fused-ring (bicyclic) bond motifs is 1. The lowest BCUT2D eigenvalue weighted by Gasteiger charge is -2.26. The second-order valence-corrected chi connectivity index (χ2v) is 4.67. The summed E-state index contributed by atoms with van der Waals surface area (Å²) in [4.78, 5) is 11.1. The highest BCUT2D eigenvalue weighted by molar-refractivity contribution is 5.79. The normalized spacial score (nSPS) is 12.6. The van der Waals surface area contributed by atoms with Crippen molar-refractivity contribution in [1.82, 2.24) is 9.97 Å². The summed E-state index contributed by atoms with van der Waals surface area (Å²) in [6, 6.07) is 8.21. The summed E-state index contributed by atoms with van der Waals surface area (Å²) in [6.07, 6.45) is 2.26. The molecule has 0 saturated carbocycles. The molecule has 2 aromatic rings. The zero-order valence-electron chi connectivity index (χ0n) is 11.2. The van der Waals surface area contributed by atoms with E-state index < -0.39 is 0 Å². The number of nitrogen functional groups attached to an aromatic ring is 1. The van der Waals surface area contributed by atoms with Crippen LogP contribution < -0.4 is 10.6 Å². The largest absolute Gasteiger partial charge is 0.381 e. The van der Waals surface area contributed by atoms with E-state index in [4.69, 9.17) is 5.73 Å². The van der Waals surface area contributed by atoms with Crippen LogP contribution in [0.3, 0.4) is 0 Å². The molecule has 4 heteroatoms. The predicted octanol–water partition coefficient (Wildman–Crippen LogP) is 2.84. The van der Waals surface area contributed by atoms with E-state index in [1.807, 2.05) is 31.3 Å². The Morgan fingerprint density at radius 1 is 1.22 bits per heavy atom. The van der Waals surface area contributed by atoms with Crippen molar-refractivity contribution in [3.8, 4) is 0 Å². The minimum Gasteiger partial charge on any atom is -0.381 e. The Hall–Kier alpha value is -1.84. The number of para-hydroxylation sites is 2. The number of anilines is 2. The molecule has 2 N–H and O–H groups in total. The smallest absolute Gasteiger partial charge is 0.172 e. The molecule has 4 nitrogen and oxygen atoms in total. The van der Waals surface area contributed by atoms with Crippen molar-refractivity contribution in [3.05, 3.63) is 24.3 Å². The molecule has 1 aromatic heterocycles. The van der Waals surface area contributed by atoms with Crippen molar-refractivity contribution in [2.45, 2.75) is 32.7 Å². The van der Waals surface area contributed by atoms with Crippen molar-refractivity contribution in [2.24, 2.45) is 0 Å². The van der Waals surface area contributed by atoms with Crippen molar-refractivity contribution >= 4 is 22.7 Å². The Labute approximate surface area is 108 Å². The van der Waals surface area contributed by atoms with E-state index in [1.165, 1.54) is 0 Å². The maximum atomic E-state index is 6.01. The van der Waals surface area contributed by atoms with E-state index in [9.17, 15) is 0 Å². The molecular weight excluding hydrogens is 224 g/mol. The van der Waals surface area contributed by atoms with Gasteiger partial charge in [0.15, 0.2) is 11.6 Å². The van der Waals surface area contributed by atoms with E-state index in [-0.39, 0.29) is 0 Å². The average Bonchev–Trinajstić information content (AvgIpc) is 2.37. The topological polar surface area (TPSA) is 55.0 Å². The molecule has 0 radical (unpaired) electrons. The number of nitrogens with two attached hydrogens (primary N) is 1. The lowest BCUT2D eigenvalue weighted by atomic mass is 10.2. The zero-order valence-corrected chi connectivity index (χ0v) is 11.2. The lowest BCUT2D eigenvalue weighted by Crippen LogP contribution is -2.30. The highest BCUT2D eigenvalue weighted by Gasteiger charge is 2.15. The van der Waals surface area contributed by atoms with E-state index in [0.717, 1.165) is 29.7 Å². The van der Waals surface area contributed by atoms with Gasteiger partial charge in [-0.3, -0.25) is 0 Å².